The zero-order valence-electron chi connectivity index (χ0n) is 19.3. The smallest absolute Gasteiger partial charge is 0.345 e. The molecule has 7 rings (SSSR count). The van der Waals surface area contributed by atoms with E-state index in [-0.39, 0.29) is 10.9 Å². The van der Waals surface area contributed by atoms with Crippen molar-refractivity contribution in [3.8, 4) is 0 Å². The van der Waals surface area contributed by atoms with Gasteiger partial charge in [0.15, 0.2) is 0 Å². The Morgan fingerprint density at radius 3 is 2.14 bits per heavy atom. The summed E-state index contributed by atoms with van der Waals surface area (Å²) < 4.78 is 5.71. The largest absolute Gasteiger partial charge is 0.422 e. The first-order valence-electron chi connectivity index (χ1n) is 12.0. The molecule has 6 aromatic rings. The molecular formula is C32H21NO2S. The topological polar surface area (TPSA) is 42.6 Å². The average molecular weight is 484 g/mol. The number of thioether (sulfide) groups is 1. The van der Waals surface area contributed by atoms with Crippen molar-refractivity contribution in [3.63, 3.8) is 0 Å². The number of hydrogen-bond acceptors (Lipinski definition) is 4. The van der Waals surface area contributed by atoms with E-state index in [0.717, 1.165) is 21.7 Å². The maximum absolute atomic E-state index is 13.2. The number of rotatable bonds is 2. The third-order valence-corrected chi connectivity index (χ3v) is 8.14. The van der Waals surface area contributed by atoms with Crippen LogP contribution in [0.15, 0.2) is 128 Å². The summed E-state index contributed by atoms with van der Waals surface area (Å²) in [6.45, 7) is 0. The first-order chi connectivity index (χ1) is 17.7. The van der Waals surface area contributed by atoms with E-state index in [1.807, 2.05) is 54.2 Å². The second kappa shape index (κ2) is 8.51. The van der Waals surface area contributed by atoms with Crippen LogP contribution in [0.25, 0.3) is 32.5 Å². The first-order valence-corrected chi connectivity index (χ1v) is 12.9. The fourth-order valence-electron chi connectivity index (χ4n) is 5.20. The van der Waals surface area contributed by atoms with Crippen molar-refractivity contribution in [2.75, 3.05) is 0 Å². The Bertz CT molecular complexity index is 1830. The summed E-state index contributed by atoms with van der Waals surface area (Å²) in [6.07, 6.45) is 0.612. The quantitative estimate of drug-likeness (QED) is 0.183. The number of benzene rings is 5. The number of fused-ring (bicyclic) bond motifs is 4. The van der Waals surface area contributed by atoms with Gasteiger partial charge in [0.2, 0.25) is 0 Å². The normalized spacial score (nSPS) is 15.6. The highest BCUT2D eigenvalue weighted by molar-refractivity contribution is 7.99. The lowest BCUT2D eigenvalue weighted by atomic mass is 9.92. The summed E-state index contributed by atoms with van der Waals surface area (Å²) in [6, 6.07) is 37.1. The van der Waals surface area contributed by atoms with Gasteiger partial charge in [-0.1, -0.05) is 78.9 Å². The van der Waals surface area contributed by atoms with E-state index in [1.165, 1.54) is 27.1 Å². The molecule has 0 spiro atoms. The maximum atomic E-state index is 13.2. The zero-order chi connectivity index (χ0) is 24.1. The van der Waals surface area contributed by atoms with Crippen molar-refractivity contribution in [3.05, 3.63) is 131 Å². The number of para-hydroxylation sites is 2. The van der Waals surface area contributed by atoms with Crippen molar-refractivity contribution in [1.82, 2.24) is 0 Å². The molecule has 1 aliphatic rings. The van der Waals surface area contributed by atoms with Gasteiger partial charge in [-0.15, -0.1) is 11.8 Å². The summed E-state index contributed by atoms with van der Waals surface area (Å²) in [5.74, 6) is 0. The first kappa shape index (κ1) is 21.2. The Hall–Kier alpha value is -4.15. The van der Waals surface area contributed by atoms with Gasteiger partial charge >= 0.3 is 5.63 Å². The Morgan fingerprint density at radius 1 is 0.722 bits per heavy atom. The van der Waals surface area contributed by atoms with Crippen molar-refractivity contribution in [2.45, 2.75) is 16.6 Å². The van der Waals surface area contributed by atoms with Crippen LogP contribution in [0.4, 0.5) is 5.69 Å². The van der Waals surface area contributed by atoms with Gasteiger partial charge in [0.25, 0.3) is 0 Å². The maximum Gasteiger partial charge on any atom is 0.345 e. The molecule has 0 saturated carbocycles. The fraction of sp³-hybridized carbons (Fsp3) is 0.0625. The third-order valence-electron chi connectivity index (χ3n) is 6.86. The highest BCUT2D eigenvalue weighted by atomic mass is 32.2. The second-order valence-electron chi connectivity index (χ2n) is 9.05. The van der Waals surface area contributed by atoms with E-state index in [1.54, 1.807) is 0 Å². The van der Waals surface area contributed by atoms with E-state index in [9.17, 15) is 4.79 Å². The van der Waals surface area contributed by atoms with Gasteiger partial charge in [0.05, 0.1) is 17.0 Å². The fourth-order valence-corrected chi connectivity index (χ4v) is 6.51. The molecule has 2 heterocycles. The van der Waals surface area contributed by atoms with Crippen LogP contribution >= 0.6 is 11.8 Å². The highest BCUT2D eigenvalue weighted by Crippen LogP contribution is 2.49. The number of aliphatic imine (C=N–C) groups is 1. The predicted molar refractivity (Wildman–Crippen MR) is 150 cm³/mol. The molecule has 172 valence electrons. The van der Waals surface area contributed by atoms with Gasteiger partial charge in [0.1, 0.15) is 5.58 Å². The number of nitrogens with zero attached hydrogens (tertiary/aromatic N) is 1. The summed E-state index contributed by atoms with van der Waals surface area (Å²) in [7, 11) is 0. The molecular weight excluding hydrogens is 462 g/mol. The lowest BCUT2D eigenvalue weighted by molar-refractivity contribution is 0.559. The van der Waals surface area contributed by atoms with Crippen LogP contribution in [0.2, 0.25) is 0 Å². The van der Waals surface area contributed by atoms with Crippen LogP contribution in [-0.4, -0.2) is 5.71 Å². The van der Waals surface area contributed by atoms with Crippen LogP contribution in [-0.2, 0) is 0 Å². The van der Waals surface area contributed by atoms with Gasteiger partial charge in [-0.05, 0) is 57.4 Å². The minimum Gasteiger partial charge on any atom is -0.422 e. The average Bonchev–Trinajstić information content (AvgIpc) is 3.11. The molecule has 0 N–H and O–H groups in total. The summed E-state index contributed by atoms with van der Waals surface area (Å²) in [4.78, 5) is 19.3. The Balaban J connectivity index is 1.49. The van der Waals surface area contributed by atoms with Gasteiger partial charge in [-0.25, -0.2) is 4.79 Å². The molecule has 36 heavy (non-hydrogen) atoms. The van der Waals surface area contributed by atoms with E-state index in [0.29, 0.717) is 17.6 Å². The van der Waals surface area contributed by atoms with E-state index in [2.05, 4.69) is 66.7 Å². The molecule has 0 fully saturated rings. The molecule has 0 amide bonds. The van der Waals surface area contributed by atoms with Crippen molar-refractivity contribution in [2.24, 2.45) is 4.99 Å². The minimum atomic E-state index is -0.349. The van der Waals surface area contributed by atoms with Gasteiger partial charge in [-0.3, -0.25) is 4.99 Å². The molecule has 0 unspecified atom stereocenters. The molecule has 0 radical (unpaired) electrons. The third kappa shape index (κ3) is 3.53. The molecule has 1 aromatic heterocycles. The zero-order valence-corrected chi connectivity index (χ0v) is 20.2. The predicted octanol–water partition coefficient (Wildman–Crippen LogP) is 8.46. The molecule has 5 aromatic carbocycles. The SMILES string of the molecule is O=c1oc2ccccc2cc1C1=Nc2ccccc2S[C@H](c2c3ccccc3cc3ccccc23)C1. The minimum absolute atomic E-state index is 0.0641. The molecule has 0 aliphatic carbocycles. The second-order valence-corrected chi connectivity index (χ2v) is 10.3. The summed E-state index contributed by atoms with van der Waals surface area (Å²) in [5, 5.41) is 5.86. The van der Waals surface area contributed by atoms with Gasteiger partial charge in [0, 0.05) is 22.0 Å². The van der Waals surface area contributed by atoms with E-state index in [4.69, 9.17) is 9.41 Å². The van der Waals surface area contributed by atoms with Crippen LogP contribution in [0.5, 0.6) is 0 Å². The van der Waals surface area contributed by atoms with Crippen LogP contribution in [0.1, 0.15) is 22.8 Å². The molecule has 0 bridgehead atoms. The molecule has 3 nitrogen and oxygen atoms in total. The molecule has 1 atom stereocenters. The lowest BCUT2D eigenvalue weighted by Crippen LogP contribution is -2.16. The lowest BCUT2D eigenvalue weighted by Gasteiger charge is -2.21. The van der Waals surface area contributed by atoms with Gasteiger partial charge < -0.3 is 4.42 Å². The highest BCUT2D eigenvalue weighted by Gasteiger charge is 2.27. The van der Waals surface area contributed by atoms with E-state index < -0.39 is 0 Å². The Labute approximate surface area is 212 Å². The van der Waals surface area contributed by atoms with Crippen molar-refractivity contribution in [1.29, 1.82) is 0 Å². The standard InChI is InChI=1S/C32H21NO2S/c34-32-25(18-22-11-3-7-15-28(22)35-32)27-19-30(36-29-16-8-6-14-26(29)33-27)31-23-12-4-1-9-20(23)17-21-10-2-5-13-24(21)31/h1-18,30H,19H2/t30-/m0/s1. The monoisotopic (exact) mass is 483 g/mol. The van der Waals surface area contributed by atoms with E-state index >= 15 is 0 Å². The molecule has 0 saturated heterocycles. The summed E-state index contributed by atoms with van der Waals surface area (Å²) >= 11 is 1.82. The van der Waals surface area contributed by atoms with Crippen LogP contribution < -0.4 is 5.63 Å². The molecule has 1 aliphatic heterocycles. The van der Waals surface area contributed by atoms with Crippen LogP contribution in [0.3, 0.4) is 0 Å². The Morgan fingerprint density at radius 2 is 1.36 bits per heavy atom. The van der Waals surface area contributed by atoms with Crippen LogP contribution in [0, 0.1) is 0 Å². The molecule has 4 heteroatoms. The summed E-state index contributed by atoms with van der Waals surface area (Å²) in [5.41, 5.74) is 3.69. The van der Waals surface area contributed by atoms with Gasteiger partial charge in [-0.2, -0.15) is 0 Å². The van der Waals surface area contributed by atoms with Crippen molar-refractivity contribution < 1.29 is 4.42 Å². The van der Waals surface area contributed by atoms with Crippen molar-refractivity contribution >= 4 is 55.7 Å². The Kier molecular flexibility index (Phi) is 5.00. The number of hydrogen-bond donors (Lipinski definition) is 0.